The van der Waals surface area contributed by atoms with E-state index in [1.807, 2.05) is 49.4 Å². The zero-order valence-corrected chi connectivity index (χ0v) is 18.1. The number of nitrogens with two attached hydrogens (primary N) is 1. The minimum atomic E-state index is -0.663. The van der Waals surface area contributed by atoms with Gasteiger partial charge in [-0.15, -0.1) is 0 Å². The molecule has 0 aromatic heterocycles. The molecule has 6 nitrogen and oxygen atoms in total. The smallest absolute Gasteiger partial charge is 0.413 e. The maximum absolute atomic E-state index is 13.2. The van der Waals surface area contributed by atoms with Crippen LogP contribution in [0.15, 0.2) is 66.7 Å². The van der Waals surface area contributed by atoms with Crippen molar-refractivity contribution >= 4 is 40.6 Å². The summed E-state index contributed by atoms with van der Waals surface area (Å²) in [6, 6.07) is 20.3. The van der Waals surface area contributed by atoms with Gasteiger partial charge in [-0.05, 0) is 66.5 Å². The number of hydrogen-bond donors (Lipinski definition) is 3. The van der Waals surface area contributed by atoms with Crippen molar-refractivity contribution in [1.82, 2.24) is 5.32 Å². The van der Waals surface area contributed by atoms with Gasteiger partial charge >= 0.3 is 6.09 Å². The van der Waals surface area contributed by atoms with E-state index in [1.54, 1.807) is 24.3 Å². The van der Waals surface area contributed by atoms with E-state index in [4.69, 9.17) is 18.0 Å². The summed E-state index contributed by atoms with van der Waals surface area (Å²) in [5.74, 6) is -0.0718. The molecule has 31 heavy (non-hydrogen) atoms. The summed E-state index contributed by atoms with van der Waals surface area (Å²) in [7, 11) is 1.26. The van der Waals surface area contributed by atoms with Gasteiger partial charge in [0.1, 0.15) is 0 Å². The number of thiocarbonyl (C=S) groups is 1. The highest BCUT2D eigenvalue weighted by atomic mass is 32.1. The van der Waals surface area contributed by atoms with E-state index in [-0.39, 0.29) is 10.9 Å². The summed E-state index contributed by atoms with van der Waals surface area (Å²) < 4.78 is 4.55. The Labute approximate surface area is 186 Å². The number of nitrogens with one attached hydrogen (secondary N) is 2. The van der Waals surface area contributed by atoms with Gasteiger partial charge in [0.05, 0.1) is 7.11 Å². The van der Waals surface area contributed by atoms with Gasteiger partial charge in [0.2, 0.25) is 0 Å². The standard InChI is InChI=1S/C24H23N3O3S/c1-15-8-9-16(13-21(15)25)12-18-14-19(26-23(31)27-24(29)30-2)10-11-20(18)22(28)17-6-4-3-5-7-17/h3-11,13-14H,12,25H2,1-2H3,(H2,26,27,29,31). The van der Waals surface area contributed by atoms with Gasteiger partial charge in [0.25, 0.3) is 0 Å². The first-order chi connectivity index (χ1) is 14.9. The Hall–Kier alpha value is -3.71. The number of carbonyl (C=O) groups excluding carboxylic acids is 2. The normalized spacial score (nSPS) is 10.3. The van der Waals surface area contributed by atoms with Crippen LogP contribution >= 0.6 is 12.2 Å². The number of carbonyl (C=O) groups is 2. The summed E-state index contributed by atoms with van der Waals surface area (Å²) in [6.07, 6.45) is -0.158. The van der Waals surface area contributed by atoms with Crippen LogP contribution < -0.4 is 16.4 Å². The Bertz CT molecular complexity index is 1130. The molecule has 4 N–H and O–H groups in total. The van der Waals surface area contributed by atoms with E-state index in [2.05, 4.69) is 15.4 Å². The highest BCUT2D eigenvalue weighted by molar-refractivity contribution is 7.80. The van der Waals surface area contributed by atoms with Crippen LogP contribution in [0, 0.1) is 6.92 Å². The highest BCUT2D eigenvalue weighted by Crippen LogP contribution is 2.24. The Morgan fingerprint density at radius 2 is 1.77 bits per heavy atom. The SMILES string of the molecule is COC(=O)NC(=S)Nc1ccc(C(=O)c2ccccc2)c(Cc2ccc(C)c(N)c2)c1. The van der Waals surface area contributed by atoms with Crippen molar-refractivity contribution in [1.29, 1.82) is 0 Å². The monoisotopic (exact) mass is 433 g/mol. The molecule has 0 aliphatic rings. The number of rotatable bonds is 5. The number of anilines is 2. The van der Waals surface area contributed by atoms with Gasteiger partial charge in [0, 0.05) is 22.5 Å². The lowest BCUT2D eigenvalue weighted by Gasteiger charge is -2.14. The molecule has 0 unspecified atom stereocenters. The van der Waals surface area contributed by atoms with Gasteiger partial charge in [-0.2, -0.15) is 0 Å². The zero-order chi connectivity index (χ0) is 22.4. The fourth-order valence-corrected chi connectivity index (χ4v) is 3.31. The quantitative estimate of drug-likeness (QED) is 0.313. The maximum Gasteiger partial charge on any atom is 0.413 e. The Kier molecular flexibility index (Phi) is 6.99. The molecular formula is C24H23N3O3S. The lowest BCUT2D eigenvalue weighted by atomic mass is 9.93. The molecule has 0 saturated carbocycles. The number of aryl methyl sites for hydroxylation is 1. The second-order valence-electron chi connectivity index (χ2n) is 7.01. The van der Waals surface area contributed by atoms with Crippen LogP contribution in [0.5, 0.6) is 0 Å². The fourth-order valence-electron chi connectivity index (χ4n) is 3.11. The Morgan fingerprint density at radius 1 is 1.03 bits per heavy atom. The lowest BCUT2D eigenvalue weighted by molar-refractivity contribution is 0.103. The van der Waals surface area contributed by atoms with Crippen molar-refractivity contribution in [3.8, 4) is 0 Å². The van der Waals surface area contributed by atoms with Gasteiger partial charge in [0.15, 0.2) is 10.9 Å². The molecule has 158 valence electrons. The summed E-state index contributed by atoms with van der Waals surface area (Å²) in [5, 5.41) is 5.44. The molecule has 0 aliphatic carbocycles. The third-order valence-corrected chi connectivity index (χ3v) is 4.99. The number of alkyl carbamates (subject to hydrolysis) is 1. The molecular weight excluding hydrogens is 410 g/mol. The predicted molar refractivity (Wildman–Crippen MR) is 126 cm³/mol. The third-order valence-electron chi connectivity index (χ3n) is 4.78. The molecule has 3 rings (SSSR count). The van der Waals surface area contributed by atoms with Crippen molar-refractivity contribution in [3.63, 3.8) is 0 Å². The minimum Gasteiger partial charge on any atom is -0.453 e. The number of amides is 1. The summed E-state index contributed by atoms with van der Waals surface area (Å²) >= 11 is 5.14. The number of nitrogen functional groups attached to an aromatic ring is 1. The van der Waals surface area contributed by atoms with Crippen molar-refractivity contribution in [2.45, 2.75) is 13.3 Å². The van der Waals surface area contributed by atoms with Crippen LogP contribution in [0.2, 0.25) is 0 Å². The second kappa shape index (κ2) is 9.86. The number of benzene rings is 3. The van der Waals surface area contributed by atoms with E-state index in [1.165, 1.54) is 7.11 Å². The molecule has 0 heterocycles. The lowest BCUT2D eigenvalue weighted by Crippen LogP contribution is -2.33. The minimum absolute atomic E-state index is 0.0718. The van der Waals surface area contributed by atoms with Crippen molar-refractivity contribution < 1.29 is 14.3 Å². The molecule has 3 aromatic rings. The number of hydrogen-bond acceptors (Lipinski definition) is 5. The van der Waals surface area contributed by atoms with Crippen LogP contribution in [-0.4, -0.2) is 24.1 Å². The van der Waals surface area contributed by atoms with Crippen molar-refractivity contribution in [3.05, 3.63) is 94.5 Å². The first-order valence-electron chi connectivity index (χ1n) is 9.61. The first kappa shape index (κ1) is 22.0. The Balaban J connectivity index is 1.95. The van der Waals surface area contributed by atoms with E-state index < -0.39 is 6.09 Å². The number of methoxy groups -OCH3 is 1. The van der Waals surface area contributed by atoms with Gasteiger partial charge in [-0.3, -0.25) is 10.1 Å². The van der Waals surface area contributed by atoms with Crippen LogP contribution in [-0.2, 0) is 11.2 Å². The van der Waals surface area contributed by atoms with Crippen molar-refractivity contribution in [2.75, 3.05) is 18.2 Å². The average molecular weight is 434 g/mol. The fraction of sp³-hybridized carbons (Fsp3) is 0.125. The molecule has 3 aromatic carbocycles. The molecule has 0 spiro atoms. The number of ketones is 1. The highest BCUT2D eigenvalue weighted by Gasteiger charge is 2.15. The van der Waals surface area contributed by atoms with E-state index in [9.17, 15) is 9.59 Å². The van der Waals surface area contributed by atoms with Crippen LogP contribution in [0.25, 0.3) is 0 Å². The van der Waals surface area contributed by atoms with Gasteiger partial charge in [-0.1, -0.05) is 42.5 Å². The average Bonchev–Trinajstić information content (AvgIpc) is 2.76. The summed E-state index contributed by atoms with van der Waals surface area (Å²) in [5.41, 5.74) is 11.4. The summed E-state index contributed by atoms with van der Waals surface area (Å²) in [4.78, 5) is 24.5. The van der Waals surface area contributed by atoms with Crippen LogP contribution in [0.3, 0.4) is 0 Å². The largest absolute Gasteiger partial charge is 0.453 e. The molecule has 1 amide bonds. The Morgan fingerprint density at radius 3 is 2.45 bits per heavy atom. The molecule has 0 radical (unpaired) electrons. The van der Waals surface area contributed by atoms with E-state index in [0.717, 1.165) is 16.7 Å². The van der Waals surface area contributed by atoms with Gasteiger partial charge < -0.3 is 15.8 Å². The predicted octanol–water partition coefficient (Wildman–Crippen LogP) is 4.45. The second-order valence-corrected chi connectivity index (χ2v) is 7.41. The number of ether oxygens (including phenoxy) is 1. The van der Waals surface area contributed by atoms with Crippen LogP contribution in [0.4, 0.5) is 16.2 Å². The molecule has 7 heteroatoms. The van der Waals surface area contributed by atoms with E-state index >= 15 is 0 Å². The topological polar surface area (TPSA) is 93.5 Å². The summed E-state index contributed by atoms with van der Waals surface area (Å²) in [6.45, 7) is 1.95. The molecule has 0 bridgehead atoms. The van der Waals surface area contributed by atoms with Crippen molar-refractivity contribution in [2.24, 2.45) is 0 Å². The third kappa shape index (κ3) is 5.67. The van der Waals surface area contributed by atoms with Crippen LogP contribution in [0.1, 0.15) is 32.6 Å². The van der Waals surface area contributed by atoms with Gasteiger partial charge in [-0.25, -0.2) is 4.79 Å². The molecule has 0 atom stereocenters. The molecule has 0 saturated heterocycles. The van der Waals surface area contributed by atoms with E-state index in [0.29, 0.717) is 28.9 Å². The molecule has 0 aliphatic heterocycles. The zero-order valence-electron chi connectivity index (χ0n) is 17.3. The molecule has 0 fully saturated rings. The first-order valence-corrected chi connectivity index (χ1v) is 10.0. The maximum atomic E-state index is 13.2.